The Morgan fingerprint density at radius 1 is 0.141 bits per heavy atom. The molecule has 0 N–H and O–H groups in total. The molecule has 0 aromatic heterocycles. The predicted molar refractivity (Wildman–Crippen MR) is 376 cm³/mol. The normalized spacial score (nSPS) is 12.0. The predicted octanol–water partition coefficient (Wildman–Crippen LogP) is 29.0. The van der Waals surface area contributed by atoms with Crippen molar-refractivity contribution in [3.05, 3.63) is 0 Å². The Morgan fingerprint density at radius 2 is 0.224 bits per heavy atom. The summed E-state index contributed by atoms with van der Waals surface area (Å²) in [4.78, 5) is 0. The zero-order valence-electron chi connectivity index (χ0n) is 59.0. The van der Waals surface area contributed by atoms with Crippen LogP contribution in [0.5, 0.6) is 0 Å². The topological polar surface area (TPSA) is 89.5 Å². The molecule has 0 unspecified atom stereocenters. The largest absolute Gasteiger partial charge is 0.474 e. The Morgan fingerprint density at radius 3 is 0.318 bits per heavy atom. The molecular weight excluding hydrogens is 1090 g/mol. The van der Waals surface area contributed by atoms with Gasteiger partial charge in [-0.05, 0) is 38.5 Å². The van der Waals surface area contributed by atoms with Crippen molar-refractivity contribution < 1.29 is 36.3 Å². The summed E-state index contributed by atoms with van der Waals surface area (Å²) >= 11 is 0. The van der Waals surface area contributed by atoms with Crippen LogP contribution in [-0.4, -0.2) is 39.6 Å². The van der Waals surface area contributed by atoms with Crippen LogP contribution in [0.2, 0.25) is 0 Å². The van der Waals surface area contributed by atoms with Crippen molar-refractivity contribution in [1.29, 1.82) is 0 Å². The fourth-order valence-electron chi connectivity index (χ4n) is 11.3. The molecule has 10 heteroatoms. The van der Waals surface area contributed by atoms with E-state index < -0.39 is 15.6 Å². The molecule has 0 heterocycles. The molecule has 514 valence electrons. The Hall–Kier alpha value is 0.220. The van der Waals surface area contributed by atoms with E-state index in [0.717, 1.165) is 77.0 Å². The molecule has 0 aromatic carbocycles. The SMILES string of the molecule is CCCCCCCCCCCCCOP(=O)(OCCCCCCCCCCCCC)OCCCCCCCCCCCCC.CCCCCCCCCCCCOP(=O)(OCCCCCCCCCCCC)OCCCCCCCCCCCC. The fourth-order valence-corrected chi connectivity index (χ4v) is 13.9. The van der Waals surface area contributed by atoms with Gasteiger partial charge in [0.2, 0.25) is 0 Å². The van der Waals surface area contributed by atoms with Crippen molar-refractivity contribution in [2.24, 2.45) is 0 Å². The molecule has 0 aliphatic carbocycles. The van der Waals surface area contributed by atoms with E-state index in [4.69, 9.17) is 27.1 Å². The third-order valence-electron chi connectivity index (χ3n) is 17.2. The van der Waals surface area contributed by atoms with Gasteiger partial charge in [-0.15, -0.1) is 0 Å². The number of phosphoric acid groups is 2. The van der Waals surface area contributed by atoms with Gasteiger partial charge in [0.25, 0.3) is 0 Å². The molecule has 85 heavy (non-hydrogen) atoms. The molecule has 0 aromatic rings. The van der Waals surface area contributed by atoms with Crippen LogP contribution in [0.1, 0.15) is 446 Å². The smallest absolute Gasteiger partial charge is 0.287 e. The average Bonchev–Trinajstić information content (AvgIpc) is 3.53. The van der Waals surface area contributed by atoms with E-state index in [0.29, 0.717) is 39.6 Å². The van der Waals surface area contributed by atoms with Gasteiger partial charge in [-0.2, -0.15) is 0 Å². The van der Waals surface area contributed by atoms with E-state index in [2.05, 4.69) is 41.5 Å². The first-order valence-corrected chi connectivity index (χ1v) is 41.9. The van der Waals surface area contributed by atoms with Crippen molar-refractivity contribution in [3.8, 4) is 0 Å². The van der Waals surface area contributed by atoms with Gasteiger partial charge in [-0.1, -0.05) is 408 Å². The van der Waals surface area contributed by atoms with Gasteiger partial charge in [0, 0.05) is 0 Å². The minimum absolute atomic E-state index is 0.476. The van der Waals surface area contributed by atoms with Crippen LogP contribution in [0.15, 0.2) is 0 Å². The number of unbranched alkanes of at least 4 members (excludes halogenated alkanes) is 57. The lowest BCUT2D eigenvalue weighted by Gasteiger charge is -2.18. The van der Waals surface area contributed by atoms with Crippen LogP contribution in [0.25, 0.3) is 0 Å². The van der Waals surface area contributed by atoms with Crippen molar-refractivity contribution in [2.45, 2.75) is 446 Å². The van der Waals surface area contributed by atoms with Crippen molar-refractivity contribution in [2.75, 3.05) is 39.6 Å². The molecule has 0 atom stereocenters. The summed E-state index contributed by atoms with van der Waals surface area (Å²) in [5.74, 6) is 0. The van der Waals surface area contributed by atoms with E-state index in [1.807, 2.05) is 0 Å². The lowest BCUT2D eigenvalue weighted by molar-refractivity contribution is 0.107. The molecule has 0 saturated carbocycles. The summed E-state index contributed by atoms with van der Waals surface area (Å²) in [6.45, 7) is 16.5. The summed E-state index contributed by atoms with van der Waals surface area (Å²) in [6, 6.07) is 0. The molecule has 0 aliphatic heterocycles. The summed E-state index contributed by atoms with van der Waals surface area (Å²) in [7, 11) is -6.91. The highest BCUT2D eigenvalue weighted by molar-refractivity contribution is 7.48. The Kier molecular flexibility index (Phi) is 78.7. The number of hydrogen-bond acceptors (Lipinski definition) is 8. The molecule has 0 aliphatic rings. The first-order chi connectivity index (χ1) is 41.9. The maximum atomic E-state index is 13.4. The van der Waals surface area contributed by atoms with Gasteiger partial charge in [0.05, 0.1) is 39.6 Å². The van der Waals surface area contributed by atoms with Gasteiger partial charge in [-0.25, -0.2) is 9.13 Å². The molecule has 0 amide bonds. The minimum Gasteiger partial charge on any atom is -0.287 e. The lowest BCUT2D eigenvalue weighted by Crippen LogP contribution is -2.04. The van der Waals surface area contributed by atoms with Gasteiger partial charge < -0.3 is 0 Å². The highest BCUT2D eigenvalue weighted by Gasteiger charge is 2.27. The highest BCUT2D eigenvalue weighted by Crippen LogP contribution is 2.51. The lowest BCUT2D eigenvalue weighted by atomic mass is 10.1. The van der Waals surface area contributed by atoms with Gasteiger partial charge in [0.1, 0.15) is 0 Å². The van der Waals surface area contributed by atoms with Crippen LogP contribution in [0.3, 0.4) is 0 Å². The van der Waals surface area contributed by atoms with Crippen molar-refractivity contribution >= 4 is 15.6 Å². The van der Waals surface area contributed by atoms with E-state index >= 15 is 0 Å². The van der Waals surface area contributed by atoms with Crippen LogP contribution in [0, 0.1) is 0 Å². The first kappa shape index (κ1) is 87.3. The average molecular weight is 1250 g/mol. The summed E-state index contributed by atoms with van der Waals surface area (Å²) in [5.41, 5.74) is 0. The van der Waals surface area contributed by atoms with E-state index in [9.17, 15) is 9.13 Å². The van der Waals surface area contributed by atoms with E-state index in [1.54, 1.807) is 0 Å². The minimum atomic E-state index is -3.46. The second-order valence-corrected chi connectivity index (χ2v) is 29.4. The molecule has 0 fully saturated rings. The monoisotopic (exact) mass is 1250 g/mol. The fraction of sp³-hybridized carbons (Fsp3) is 1.00. The van der Waals surface area contributed by atoms with Crippen LogP contribution in [0.4, 0.5) is 0 Å². The Balaban J connectivity index is 0. The molecule has 8 nitrogen and oxygen atoms in total. The summed E-state index contributed by atoms with van der Waals surface area (Å²) in [5, 5.41) is 0. The van der Waals surface area contributed by atoms with Crippen LogP contribution < -0.4 is 0 Å². The first-order valence-electron chi connectivity index (χ1n) is 38.9. The maximum absolute atomic E-state index is 13.4. The van der Waals surface area contributed by atoms with Gasteiger partial charge in [-0.3, -0.25) is 27.1 Å². The number of hydrogen-bond donors (Lipinski definition) is 0. The molecular formula is C75H156O8P2. The zero-order chi connectivity index (χ0) is 62.0. The van der Waals surface area contributed by atoms with E-state index in [-0.39, 0.29) is 0 Å². The maximum Gasteiger partial charge on any atom is 0.474 e. The molecule has 0 radical (unpaired) electrons. The van der Waals surface area contributed by atoms with Gasteiger partial charge in [0.15, 0.2) is 0 Å². The third-order valence-corrected chi connectivity index (χ3v) is 20.2. The standard InChI is InChI=1S/C39H81O4P.C36H75O4P/c1-4-7-10-13-16-19-22-25-28-31-34-37-41-44(40,42-38-35-32-29-26-23-20-17-14-11-8-5-2)43-39-36-33-30-27-24-21-18-15-12-9-6-3;1-4-7-10-13-16-19-22-25-28-31-34-38-41(37,39-35-32-29-26-23-20-17-14-11-8-5-2)40-36-33-30-27-24-21-18-15-12-9-6-3/h4-39H2,1-3H3;4-36H2,1-3H3. The highest BCUT2D eigenvalue weighted by atomic mass is 31.2. The molecule has 0 rings (SSSR count). The Labute approximate surface area is 535 Å². The van der Waals surface area contributed by atoms with Crippen molar-refractivity contribution in [3.63, 3.8) is 0 Å². The number of phosphoric ester groups is 2. The number of rotatable bonds is 75. The Bertz CT molecular complexity index is 1140. The van der Waals surface area contributed by atoms with E-state index in [1.165, 1.54) is 327 Å². The van der Waals surface area contributed by atoms with Crippen LogP contribution in [-0.2, 0) is 36.3 Å². The second-order valence-electron chi connectivity index (χ2n) is 26.0. The molecule has 0 bridgehead atoms. The molecule has 0 saturated heterocycles. The molecule has 0 spiro atoms. The summed E-state index contributed by atoms with van der Waals surface area (Å²) < 4.78 is 61.6. The van der Waals surface area contributed by atoms with Gasteiger partial charge >= 0.3 is 15.6 Å². The quantitative estimate of drug-likeness (QED) is 0.0440. The van der Waals surface area contributed by atoms with Crippen LogP contribution >= 0.6 is 15.6 Å². The second kappa shape index (κ2) is 76.7. The van der Waals surface area contributed by atoms with Crippen molar-refractivity contribution in [1.82, 2.24) is 0 Å². The third kappa shape index (κ3) is 74.8. The summed E-state index contributed by atoms with van der Waals surface area (Å²) in [6.07, 6.45) is 80.9. The zero-order valence-corrected chi connectivity index (χ0v) is 60.7.